The molecule has 1 aromatic carbocycles. The van der Waals surface area contributed by atoms with Crippen molar-refractivity contribution in [2.45, 2.75) is 112 Å². The lowest BCUT2D eigenvalue weighted by Gasteiger charge is -2.30. The van der Waals surface area contributed by atoms with Crippen molar-refractivity contribution in [3.8, 4) is 0 Å². The number of carbonyl (C=O) groups excluding carboxylic acids is 5. The second-order valence-electron chi connectivity index (χ2n) is 14.2. The predicted octanol–water partition coefficient (Wildman–Crippen LogP) is 2.94. The summed E-state index contributed by atoms with van der Waals surface area (Å²) in [6, 6.07) is 2.07. The second-order valence-corrected chi connectivity index (χ2v) is 16.1. The molecule has 5 aliphatic rings. The molecule has 0 spiro atoms. The Labute approximate surface area is 298 Å². The Morgan fingerprint density at radius 1 is 1.08 bits per heavy atom. The number of amides is 5. The molecule has 3 aliphatic heterocycles. The van der Waals surface area contributed by atoms with E-state index in [1.807, 2.05) is 28.2 Å². The van der Waals surface area contributed by atoms with Gasteiger partial charge in [-0.3, -0.25) is 24.0 Å². The molecule has 5 atom stereocenters. The molecular weight excluding hydrogens is 711 g/mol. The number of ether oxygens (including phenoxy) is 2. The van der Waals surface area contributed by atoms with E-state index in [1.54, 1.807) is 0 Å². The molecule has 3 N–H and O–H groups in total. The number of aryl methyl sites for hydroxylation is 1. The SMILES string of the molecule is C=C[C@H]1C[C@]1(NC(=O)[C@@H]1C[C@@H]2CN1C(=O)[C@H](CC(F)(F)F)NC(=O)OCCCCCCc1cccc3c1CN(C3)C(=O)O2)C(=O)NS(=O)(=O)C1CC1. The van der Waals surface area contributed by atoms with Crippen molar-refractivity contribution in [3.63, 3.8) is 0 Å². The van der Waals surface area contributed by atoms with E-state index in [0.717, 1.165) is 40.9 Å². The van der Waals surface area contributed by atoms with Crippen molar-refractivity contribution in [1.82, 2.24) is 25.2 Å². The van der Waals surface area contributed by atoms with Gasteiger partial charge in [0.25, 0.3) is 5.91 Å². The minimum absolute atomic E-state index is 0.0189. The first-order chi connectivity index (χ1) is 24.6. The highest BCUT2D eigenvalue weighted by Crippen LogP contribution is 2.45. The number of fused-ring (bicyclic) bond motifs is 3. The van der Waals surface area contributed by atoms with Crippen molar-refractivity contribution in [3.05, 3.63) is 47.5 Å². The minimum Gasteiger partial charge on any atom is -0.450 e. The summed E-state index contributed by atoms with van der Waals surface area (Å²) in [4.78, 5) is 69.5. The predicted molar refractivity (Wildman–Crippen MR) is 176 cm³/mol. The van der Waals surface area contributed by atoms with Gasteiger partial charge in [-0.2, -0.15) is 13.2 Å². The van der Waals surface area contributed by atoms with Gasteiger partial charge < -0.3 is 25.0 Å². The zero-order valence-corrected chi connectivity index (χ0v) is 29.2. The number of halogens is 3. The van der Waals surface area contributed by atoms with Crippen LogP contribution < -0.4 is 15.4 Å². The number of alkyl halides is 3. The highest BCUT2D eigenvalue weighted by molar-refractivity contribution is 7.91. The minimum atomic E-state index is -4.92. The molecule has 6 rings (SSSR count). The number of benzene rings is 1. The molecule has 0 aromatic heterocycles. The molecule has 284 valence electrons. The maximum Gasteiger partial charge on any atom is 0.410 e. The van der Waals surface area contributed by atoms with Gasteiger partial charge in [-0.25, -0.2) is 18.0 Å². The molecule has 52 heavy (non-hydrogen) atoms. The van der Waals surface area contributed by atoms with Crippen LogP contribution in [-0.4, -0.2) is 96.4 Å². The Kier molecular flexibility index (Phi) is 10.5. The Balaban J connectivity index is 1.26. The average molecular weight is 754 g/mol. The number of alkyl carbamates (subject to hydrolysis) is 1. The van der Waals surface area contributed by atoms with E-state index in [-0.39, 0.29) is 32.5 Å². The molecule has 14 nitrogen and oxygen atoms in total. The van der Waals surface area contributed by atoms with Crippen molar-refractivity contribution >= 4 is 39.9 Å². The molecule has 1 saturated heterocycles. The molecule has 2 aliphatic carbocycles. The highest BCUT2D eigenvalue weighted by Gasteiger charge is 2.62. The summed E-state index contributed by atoms with van der Waals surface area (Å²) in [6.07, 6.45) is -4.64. The van der Waals surface area contributed by atoms with Crippen LogP contribution >= 0.6 is 0 Å². The fourth-order valence-corrected chi connectivity index (χ4v) is 8.58. The van der Waals surface area contributed by atoms with E-state index in [0.29, 0.717) is 25.7 Å². The first-order valence-corrected chi connectivity index (χ1v) is 19.0. The molecule has 0 radical (unpaired) electrons. The van der Waals surface area contributed by atoms with E-state index in [1.165, 1.54) is 11.0 Å². The van der Waals surface area contributed by atoms with E-state index < -0.39 is 94.0 Å². The summed E-state index contributed by atoms with van der Waals surface area (Å²) in [5, 5.41) is 3.79. The number of rotatable bonds is 7. The van der Waals surface area contributed by atoms with E-state index in [2.05, 4.69) is 11.9 Å². The molecule has 3 heterocycles. The topological polar surface area (TPSA) is 181 Å². The van der Waals surface area contributed by atoms with Gasteiger partial charge in [0.1, 0.15) is 23.7 Å². The van der Waals surface area contributed by atoms with Crippen LogP contribution in [0.15, 0.2) is 30.9 Å². The Bertz CT molecular complexity index is 1740. The van der Waals surface area contributed by atoms with Crippen molar-refractivity contribution in [1.29, 1.82) is 0 Å². The quantitative estimate of drug-likeness (QED) is 0.353. The molecule has 4 bridgehead atoms. The molecule has 2 saturated carbocycles. The lowest BCUT2D eigenvalue weighted by atomic mass is 9.98. The van der Waals surface area contributed by atoms with Crippen LogP contribution in [0.25, 0.3) is 0 Å². The summed E-state index contributed by atoms with van der Waals surface area (Å²) in [7, 11) is -4.01. The van der Waals surface area contributed by atoms with E-state index in [9.17, 15) is 45.6 Å². The third kappa shape index (κ3) is 8.31. The first kappa shape index (κ1) is 37.4. The van der Waals surface area contributed by atoms with Gasteiger partial charge in [0.15, 0.2) is 0 Å². The number of hydrogen-bond donors (Lipinski definition) is 3. The third-order valence-electron chi connectivity index (χ3n) is 10.3. The zero-order valence-electron chi connectivity index (χ0n) is 28.4. The van der Waals surface area contributed by atoms with Crippen LogP contribution in [-0.2, 0) is 53.4 Å². The number of sulfonamides is 1. The van der Waals surface area contributed by atoms with Gasteiger partial charge in [0, 0.05) is 25.4 Å². The molecule has 18 heteroatoms. The van der Waals surface area contributed by atoms with Crippen LogP contribution in [0, 0.1) is 5.92 Å². The largest absolute Gasteiger partial charge is 0.450 e. The average Bonchev–Trinajstić information content (AvgIpc) is 3.96. The molecule has 5 amide bonds. The fourth-order valence-electron chi connectivity index (χ4n) is 7.22. The lowest BCUT2D eigenvalue weighted by molar-refractivity contribution is -0.155. The maximum absolute atomic E-state index is 14.0. The monoisotopic (exact) mass is 753 g/mol. The third-order valence-corrected chi connectivity index (χ3v) is 12.1. The number of nitrogens with zero attached hydrogens (tertiary/aromatic N) is 2. The smallest absolute Gasteiger partial charge is 0.410 e. The van der Waals surface area contributed by atoms with Crippen molar-refractivity contribution < 1.29 is 55.0 Å². The van der Waals surface area contributed by atoms with Crippen LogP contribution in [0.4, 0.5) is 22.8 Å². The van der Waals surface area contributed by atoms with Crippen molar-refractivity contribution in [2.75, 3.05) is 13.2 Å². The summed E-state index contributed by atoms with van der Waals surface area (Å²) in [5.74, 6) is -3.96. The maximum atomic E-state index is 14.0. The van der Waals surface area contributed by atoms with Crippen LogP contribution in [0.3, 0.4) is 0 Å². The Morgan fingerprint density at radius 3 is 2.50 bits per heavy atom. The highest BCUT2D eigenvalue weighted by atomic mass is 32.2. The lowest BCUT2D eigenvalue weighted by Crippen LogP contribution is -2.58. The van der Waals surface area contributed by atoms with E-state index >= 15 is 0 Å². The zero-order chi connectivity index (χ0) is 37.4. The first-order valence-electron chi connectivity index (χ1n) is 17.5. The van der Waals surface area contributed by atoms with Gasteiger partial charge in [-0.15, -0.1) is 6.58 Å². The second kappa shape index (κ2) is 14.6. The van der Waals surface area contributed by atoms with Crippen LogP contribution in [0.1, 0.15) is 74.5 Å². The number of nitrogens with one attached hydrogen (secondary N) is 3. The van der Waals surface area contributed by atoms with E-state index in [4.69, 9.17) is 9.47 Å². The summed E-state index contributed by atoms with van der Waals surface area (Å²) >= 11 is 0. The number of cyclic esters (lactones) is 1. The summed E-state index contributed by atoms with van der Waals surface area (Å²) < 4.78 is 79.3. The Morgan fingerprint density at radius 2 is 1.81 bits per heavy atom. The van der Waals surface area contributed by atoms with Gasteiger partial charge >= 0.3 is 18.4 Å². The van der Waals surface area contributed by atoms with Gasteiger partial charge in [-0.1, -0.05) is 37.1 Å². The summed E-state index contributed by atoms with van der Waals surface area (Å²) in [5.41, 5.74) is 1.28. The normalized spacial score (nSPS) is 28.6. The fraction of sp³-hybridized carbons (Fsp3) is 0.618. The molecule has 1 aromatic rings. The van der Waals surface area contributed by atoms with Crippen LogP contribution in [0.5, 0.6) is 0 Å². The standard InChI is InChI=1S/C34H42F3N5O9S/c1-2-22-15-33(22,30(45)40-52(48,49)24-11-12-24)39-28(43)27-14-23-18-42(27)29(44)26(16-34(35,36)37)38-31(46)50-13-6-4-3-5-8-20-9-7-10-21-17-41(19-25(20)21)32(47)51-23/h2,7,9-10,22-24,26-27H,1,3-6,8,11-19H2,(H,38,46)(H,39,43)(H,40,45)/t22-,23+,26-,27-,33+/m0/s1. The number of carbonyl (C=O) groups is 5. The van der Waals surface area contributed by atoms with Gasteiger partial charge in [-0.05, 0) is 55.2 Å². The molecule has 0 unspecified atom stereocenters. The molecular formula is C34H42F3N5O9S. The number of hydrogen-bond acceptors (Lipinski definition) is 9. The van der Waals surface area contributed by atoms with Crippen molar-refractivity contribution in [2.24, 2.45) is 5.92 Å². The Hall–Kier alpha value is -4.35. The van der Waals surface area contributed by atoms with Gasteiger partial charge in [0.2, 0.25) is 21.8 Å². The van der Waals surface area contributed by atoms with Crippen LogP contribution in [0.2, 0.25) is 0 Å². The molecule has 3 fully saturated rings. The van der Waals surface area contributed by atoms with Gasteiger partial charge in [0.05, 0.1) is 24.8 Å². The summed E-state index contributed by atoms with van der Waals surface area (Å²) in [6.45, 7) is 3.58.